The first kappa shape index (κ1) is 35.8. The van der Waals surface area contributed by atoms with Crippen LogP contribution in [0.25, 0.3) is 28.4 Å². The third kappa shape index (κ3) is 6.62. The second kappa shape index (κ2) is 14.3. The molecule has 0 saturated carbocycles. The molecule has 1 aromatic heterocycles. The summed E-state index contributed by atoms with van der Waals surface area (Å²) >= 11 is 0. The smallest absolute Gasteiger partial charge is 0.331 e. The average Bonchev–Trinajstić information content (AvgIpc) is 3.11. The van der Waals surface area contributed by atoms with Gasteiger partial charge in [-0.1, -0.05) is 36.4 Å². The Labute approximate surface area is 287 Å². The van der Waals surface area contributed by atoms with Crippen molar-refractivity contribution in [3.8, 4) is 34.3 Å². The van der Waals surface area contributed by atoms with Crippen molar-refractivity contribution >= 4 is 23.0 Å². The van der Waals surface area contributed by atoms with E-state index in [2.05, 4.69) is 0 Å². The molecule has 270 valence electrons. The molecule has 6 rings (SSSR count). The van der Waals surface area contributed by atoms with Gasteiger partial charge in [-0.2, -0.15) is 0 Å². The standard InChI is InChI=1S/C35H34O16/c36-12-21-27(43)31(47)35(51-22(41)9-7-14-6-8-16(37)17(38)10-14)34(50-21)24-28(44)23-18(39)11-20(15-4-2-1-3-5-15)49-32(23)25(29(24)45)33-30(46)26(42)19(40)13-48-33/h1-11,19,21,26-27,30-31,33-38,40,42-47H,12-13H2/b9-7+/t19-,21+,26-,27+,30+,31-,33+,34-,35+/m0/s1. The number of rotatable bonds is 7. The van der Waals surface area contributed by atoms with Crippen molar-refractivity contribution in [3.05, 3.63) is 87.6 Å². The number of benzene rings is 3. The van der Waals surface area contributed by atoms with Gasteiger partial charge in [0.05, 0.1) is 24.3 Å². The highest BCUT2D eigenvalue weighted by molar-refractivity contribution is 5.92. The molecule has 16 nitrogen and oxygen atoms in total. The van der Waals surface area contributed by atoms with Gasteiger partial charge in [0.1, 0.15) is 71.5 Å². The van der Waals surface area contributed by atoms with Gasteiger partial charge in [0, 0.05) is 17.7 Å². The van der Waals surface area contributed by atoms with Gasteiger partial charge in [-0.25, -0.2) is 4.79 Å². The fraction of sp³-hybridized carbons (Fsp3) is 0.314. The molecular weight excluding hydrogens is 676 g/mol. The van der Waals surface area contributed by atoms with Gasteiger partial charge in [0.15, 0.2) is 28.6 Å². The van der Waals surface area contributed by atoms with Gasteiger partial charge in [-0.05, 0) is 23.8 Å². The number of aliphatic hydroxyl groups excluding tert-OH is 6. The highest BCUT2D eigenvalue weighted by atomic mass is 16.6. The van der Waals surface area contributed by atoms with Crippen LogP contribution in [0, 0.1) is 0 Å². The van der Waals surface area contributed by atoms with Crippen molar-refractivity contribution in [1.82, 2.24) is 0 Å². The Morgan fingerprint density at radius 1 is 0.824 bits per heavy atom. The number of phenolic OH excluding ortho intramolecular Hbond substituents is 4. The van der Waals surface area contributed by atoms with Crippen LogP contribution in [-0.4, -0.2) is 113 Å². The van der Waals surface area contributed by atoms with Crippen LogP contribution in [0.3, 0.4) is 0 Å². The predicted octanol–water partition coefficient (Wildman–Crippen LogP) is 0.216. The topological polar surface area (TPSA) is 277 Å². The molecule has 2 fully saturated rings. The molecule has 2 aliphatic heterocycles. The Hall–Kier alpha value is -5.04. The first-order valence-corrected chi connectivity index (χ1v) is 15.6. The van der Waals surface area contributed by atoms with E-state index in [1.54, 1.807) is 30.3 Å². The molecule has 3 aromatic carbocycles. The van der Waals surface area contributed by atoms with Crippen LogP contribution in [0.5, 0.6) is 23.0 Å². The number of ether oxygens (including phenoxy) is 3. The quantitative estimate of drug-likeness (QED) is 0.0697. The van der Waals surface area contributed by atoms with E-state index in [4.69, 9.17) is 18.6 Å². The second-order valence-electron chi connectivity index (χ2n) is 12.1. The Balaban J connectivity index is 1.52. The molecule has 4 aromatic rings. The Kier molecular flexibility index (Phi) is 10.0. The van der Waals surface area contributed by atoms with E-state index < -0.39 is 125 Å². The Morgan fingerprint density at radius 3 is 2.24 bits per heavy atom. The van der Waals surface area contributed by atoms with E-state index >= 15 is 0 Å². The molecule has 2 aliphatic rings. The number of phenols is 4. The molecule has 16 heteroatoms. The van der Waals surface area contributed by atoms with Gasteiger partial charge < -0.3 is 69.7 Å². The molecule has 0 bridgehead atoms. The van der Waals surface area contributed by atoms with Crippen molar-refractivity contribution in [2.24, 2.45) is 0 Å². The molecule has 0 amide bonds. The third-order valence-corrected chi connectivity index (χ3v) is 8.85. The number of aliphatic hydroxyl groups is 6. The van der Waals surface area contributed by atoms with Crippen LogP contribution in [0.1, 0.15) is 28.9 Å². The van der Waals surface area contributed by atoms with E-state index in [0.29, 0.717) is 5.56 Å². The molecule has 3 heterocycles. The SMILES string of the molecule is O=C(/C=C/c1ccc(O)c(O)c1)O[C@@H]1[C@@H](O)[C@H](O)[C@@H](CO)O[C@H]1c1c(O)c([C@H]2OC[C@H](O)[C@H](O)[C@H]2O)c2oc(-c3ccccc3)cc(=O)c2c1O. The third-order valence-electron chi connectivity index (χ3n) is 8.85. The highest BCUT2D eigenvalue weighted by Gasteiger charge is 2.50. The van der Waals surface area contributed by atoms with Crippen LogP contribution in [-0.2, 0) is 19.0 Å². The van der Waals surface area contributed by atoms with E-state index in [1.807, 2.05) is 0 Å². The molecule has 0 radical (unpaired) electrons. The summed E-state index contributed by atoms with van der Waals surface area (Å²) in [5.74, 6) is -4.03. The minimum absolute atomic E-state index is 0.0277. The summed E-state index contributed by atoms with van der Waals surface area (Å²) in [5.41, 5.74) is -1.90. The number of aromatic hydroxyl groups is 4. The maximum atomic E-state index is 13.7. The molecule has 2 saturated heterocycles. The monoisotopic (exact) mass is 710 g/mol. The van der Waals surface area contributed by atoms with Gasteiger partial charge in [0.25, 0.3) is 0 Å². The van der Waals surface area contributed by atoms with Crippen LogP contribution >= 0.6 is 0 Å². The van der Waals surface area contributed by atoms with Crippen molar-refractivity contribution in [1.29, 1.82) is 0 Å². The summed E-state index contributed by atoms with van der Waals surface area (Å²) in [6.07, 6.45) is -14.3. The van der Waals surface area contributed by atoms with Gasteiger partial charge in [-0.15, -0.1) is 0 Å². The van der Waals surface area contributed by atoms with Gasteiger partial charge in [-0.3, -0.25) is 4.79 Å². The summed E-state index contributed by atoms with van der Waals surface area (Å²) in [4.78, 5) is 26.8. The molecule has 0 aliphatic carbocycles. The number of carbonyl (C=O) groups excluding carboxylic acids is 1. The van der Waals surface area contributed by atoms with Crippen molar-refractivity contribution in [3.63, 3.8) is 0 Å². The van der Waals surface area contributed by atoms with E-state index in [9.17, 15) is 60.7 Å². The summed E-state index contributed by atoms with van der Waals surface area (Å²) in [6, 6.07) is 12.9. The maximum Gasteiger partial charge on any atom is 0.331 e. The number of hydrogen-bond acceptors (Lipinski definition) is 16. The van der Waals surface area contributed by atoms with Crippen LogP contribution < -0.4 is 5.43 Å². The number of esters is 1. The van der Waals surface area contributed by atoms with Crippen LogP contribution in [0.2, 0.25) is 0 Å². The molecular formula is C35H34O16. The van der Waals surface area contributed by atoms with Crippen LogP contribution in [0.4, 0.5) is 0 Å². The van der Waals surface area contributed by atoms with E-state index in [1.165, 1.54) is 12.1 Å². The lowest BCUT2D eigenvalue weighted by molar-refractivity contribution is -0.240. The zero-order chi connectivity index (χ0) is 36.7. The number of carbonyl (C=O) groups is 1. The molecule has 0 unspecified atom stereocenters. The molecule has 10 N–H and O–H groups in total. The largest absolute Gasteiger partial charge is 0.507 e. The van der Waals surface area contributed by atoms with Gasteiger partial charge in [0.2, 0.25) is 0 Å². The van der Waals surface area contributed by atoms with E-state index in [0.717, 1.165) is 24.3 Å². The van der Waals surface area contributed by atoms with E-state index in [-0.39, 0.29) is 11.3 Å². The lowest BCUT2D eigenvalue weighted by atomic mass is 9.85. The molecule has 51 heavy (non-hydrogen) atoms. The zero-order valence-corrected chi connectivity index (χ0v) is 26.4. The number of fused-ring (bicyclic) bond motifs is 1. The minimum atomic E-state index is -2.03. The Morgan fingerprint density at radius 2 is 1.55 bits per heavy atom. The highest BCUT2D eigenvalue weighted by Crippen LogP contribution is 2.51. The predicted molar refractivity (Wildman–Crippen MR) is 173 cm³/mol. The molecule has 0 spiro atoms. The maximum absolute atomic E-state index is 13.7. The van der Waals surface area contributed by atoms with Crippen molar-refractivity contribution < 1.29 is 74.5 Å². The lowest BCUT2D eigenvalue weighted by Gasteiger charge is -2.42. The first-order valence-electron chi connectivity index (χ1n) is 15.6. The summed E-state index contributed by atoms with van der Waals surface area (Å²) < 4.78 is 22.9. The summed E-state index contributed by atoms with van der Waals surface area (Å²) in [7, 11) is 0. The Bertz CT molecular complexity index is 2010. The summed E-state index contributed by atoms with van der Waals surface area (Å²) in [6.45, 7) is -1.45. The second-order valence-corrected chi connectivity index (χ2v) is 12.1. The minimum Gasteiger partial charge on any atom is -0.507 e. The van der Waals surface area contributed by atoms with Crippen molar-refractivity contribution in [2.75, 3.05) is 13.2 Å². The lowest BCUT2D eigenvalue weighted by Crippen LogP contribution is -2.56. The normalized spacial score (nSPS) is 28.2. The number of hydrogen-bond donors (Lipinski definition) is 10. The van der Waals surface area contributed by atoms with Crippen molar-refractivity contribution in [2.45, 2.75) is 54.9 Å². The fourth-order valence-electron chi connectivity index (χ4n) is 6.18. The van der Waals surface area contributed by atoms with Gasteiger partial charge >= 0.3 is 5.97 Å². The average molecular weight is 711 g/mol. The summed E-state index contributed by atoms with van der Waals surface area (Å²) in [5, 5.41) is 106. The molecule has 9 atom stereocenters. The van der Waals surface area contributed by atoms with Crippen LogP contribution in [0.15, 0.2) is 69.9 Å². The first-order chi connectivity index (χ1) is 24.3. The zero-order valence-electron chi connectivity index (χ0n) is 26.4. The fourth-order valence-corrected chi connectivity index (χ4v) is 6.18.